The van der Waals surface area contributed by atoms with Gasteiger partial charge in [0.1, 0.15) is 0 Å². The van der Waals surface area contributed by atoms with Gasteiger partial charge in [-0.15, -0.1) is 0 Å². The lowest BCUT2D eigenvalue weighted by molar-refractivity contribution is -0.00783. The van der Waals surface area contributed by atoms with E-state index >= 15 is 0 Å². The number of nitrogens with zero attached hydrogens (tertiary/aromatic N) is 2. The summed E-state index contributed by atoms with van der Waals surface area (Å²) in [6, 6.07) is 2.47. The summed E-state index contributed by atoms with van der Waals surface area (Å²) < 4.78 is 0. The highest BCUT2D eigenvalue weighted by atomic mass is 15.1. The van der Waals surface area contributed by atoms with Crippen LogP contribution in [0.15, 0.2) is 12.3 Å². The minimum absolute atomic E-state index is 0.473. The van der Waals surface area contributed by atoms with Crippen LogP contribution >= 0.6 is 0 Å². The molecular formula is C10H12N3. The molecule has 1 unspecified atom stereocenters. The second kappa shape index (κ2) is 2.51. The molecule has 1 saturated carbocycles. The van der Waals surface area contributed by atoms with Crippen LogP contribution in [0, 0.1) is 11.7 Å². The van der Waals surface area contributed by atoms with Crippen LogP contribution in [0.5, 0.6) is 0 Å². The van der Waals surface area contributed by atoms with Crippen LogP contribution in [0.25, 0.3) is 0 Å². The molecule has 0 amide bonds. The van der Waals surface area contributed by atoms with Gasteiger partial charge in [-0.3, -0.25) is 0 Å². The quantitative estimate of drug-likeness (QED) is 0.692. The molecule has 1 aliphatic heterocycles. The Morgan fingerprint density at radius 3 is 2.92 bits per heavy atom. The minimum Gasteiger partial charge on any atom is -0.307 e. The van der Waals surface area contributed by atoms with E-state index in [2.05, 4.69) is 21.6 Å². The van der Waals surface area contributed by atoms with Crippen LogP contribution in [0.2, 0.25) is 0 Å². The molecule has 1 atom stereocenters. The van der Waals surface area contributed by atoms with E-state index in [1.54, 1.807) is 6.20 Å². The number of aromatic nitrogens is 2. The lowest BCUT2D eigenvalue weighted by Crippen LogP contribution is -2.59. The van der Waals surface area contributed by atoms with Gasteiger partial charge in [0.15, 0.2) is 6.33 Å². The summed E-state index contributed by atoms with van der Waals surface area (Å²) >= 11 is 0. The number of nitrogens with one attached hydrogen (secondary N) is 1. The number of hydrogen-bond donors (Lipinski definition) is 1. The molecule has 2 aliphatic rings. The second-order valence-corrected chi connectivity index (χ2v) is 4.11. The van der Waals surface area contributed by atoms with Crippen LogP contribution in [0.3, 0.4) is 0 Å². The molecule has 3 rings (SSSR count). The first-order valence-electron chi connectivity index (χ1n) is 4.83. The fraction of sp³-hybridized carbons (Fsp3) is 0.600. The van der Waals surface area contributed by atoms with Gasteiger partial charge in [-0.05, 0) is 18.9 Å². The van der Waals surface area contributed by atoms with Gasteiger partial charge in [0.2, 0.25) is 0 Å². The Morgan fingerprint density at radius 1 is 1.54 bits per heavy atom. The molecule has 2 heterocycles. The molecule has 13 heavy (non-hydrogen) atoms. The fourth-order valence-corrected chi connectivity index (χ4v) is 2.44. The van der Waals surface area contributed by atoms with E-state index in [-0.39, 0.29) is 0 Å². The molecule has 1 spiro atoms. The summed E-state index contributed by atoms with van der Waals surface area (Å²) in [5.41, 5.74) is 1.66. The first kappa shape index (κ1) is 7.44. The largest absolute Gasteiger partial charge is 0.307 e. The van der Waals surface area contributed by atoms with Gasteiger partial charge in [0.25, 0.3) is 0 Å². The highest BCUT2D eigenvalue weighted by molar-refractivity contribution is 5.18. The van der Waals surface area contributed by atoms with Crippen molar-refractivity contribution in [2.24, 2.45) is 5.41 Å². The van der Waals surface area contributed by atoms with Gasteiger partial charge >= 0.3 is 0 Å². The van der Waals surface area contributed by atoms with E-state index < -0.39 is 0 Å². The lowest BCUT2D eigenvalue weighted by atomic mass is 9.58. The zero-order valence-corrected chi connectivity index (χ0v) is 7.45. The van der Waals surface area contributed by atoms with Crippen LogP contribution < -0.4 is 5.32 Å². The SMILES string of the molecule is [c]1nccc(C2NCC23CCC3)n1. The molecular weight excluding hydrogens is 162 g/mol. The van der Waals surface area contributed by atoms with Crippen molar-refractivity contribution in [1.29, 1.82) is 0 Å². The normalized spacial score (nSPS) is 29.4. The molecule has 1 N–H and O–H groups in total. The van der Waals surface area contributed by atoms with Crippen molar-refractivity contribution in [3.05, 3.63) is 24.3 Å². The molecule has 67 valence electrons. The third-order valence-corrected chi connectivity index (χ3v) is 3.47. The van der Waals surface area contributed by atoms with Crippen molar-refractivity contribution in [3.8, 4) is 0 Å². The molecule has 3 nitrogen and oxygen atoms in total. The molecule has 3 heteroatoms. The average Bonchev–Trinajstić information content (AvgIpc) is 2.01. The van der Waals surface area contributed by atoms with E-state index in [0.29, 0.717) is 11.5 Å². The van der Waals surface area contributed by atoms with Crippen molar-refractivity contribution in [1.82, 2.24) is 15.3 Å². The molecule has 1 aromatic rings. The summed E-state index contributed by atoms with van der Waals surface area (Å²) in [7, 11) is 0. The maximum Gasteiger partial charge on any atom is 0.197 e. The van der Waals surface area contributed by atoms with Gasteiger partial charge in [-0.2, -0.15) is 0 Å². The smallest absolute Gasteiger partial charge is 0.197 e. The Morgan fingerprint density at radius 2 is 2.46 bits per heavy atom. The van der Waals surface area contributed by atoms with Gasteiger partial charge in [-0.25, -0.2) is 9.97 Å². The van der Waals surface area contributed by atoms with Crippen LogP contribution in [0.4, 0.5) is 0 Å². The zero-order chi connectivity index (χ0) is 8.73. The van der Waals surface area contributed by atoms with Gasteiger partial charge in [0, 0.05) is 18.2 Å². The molecule has 1 aromatic heterocycles. The predicted octanol–water partition coefficient (Wildman–Crippen LogP) is 1.09. The van der Waals surface area contributed by atoms with Crippen LogP contribution in [-0.2, 0) is 0 Å². The molecule has 0 bridgehead atoms. The Balaban J connectivity index is 1.87. The first-order chi connectivity index (χ1) is 6.41. The molecule has 0 aromatic carbocycles. The van der Waals surface area contributed by atoms with E-state index in [9.17, 15) is 0 Å². The van der Waals surface area contributed by atoms with E-state index in [4.69, 9.17) is 0 Å². The van der Waals surface area contributed by atoms with Crippen molar-refractivity contribution in [2.75, 3.05) is 6.54 Å². The van der Waals surface area contributed by atoms with E-state index in [1.807, 2.05) is 6.07 Å². The van der Waals surface area contributed by atoms with Crippen molar-refractivity contribution in [2.45, 2.75) is 25.3 Å². The predicted molar refractivity (Wildman–Crippen MR) is 47.9 cm³/mol. The number of hydrogen-bond acceptors (Lipinski definition) is 3. The zero-order valence-electron chi connectivity index (χ0n) is 7.45. The van der Waals surface area contributed by atoms with E-state index in [0.717, 1.165) is 5.69 Å². The van der Waals surface area contributed by atoms with Crippen molar-refractivity contribution in [3.63, 3.8) is 0 Å². The first-order valence-corrected chi connectivity index (χ1v) is 4.83. The summed E-state index contributed by atoms with van der Waals surface area (Å²) in [4.78, 5) is 7.99. The highest BCUT2D eigenvalue weighted by Gasteiger charge is 2.51. The average molecular weight is 174 g/mol. The Kier molecular flexibility index (Phi) is 1.44. The molecule has 1 aliphatic carbocycles. The molecule has 2 fully saturated rings. The van der Waals surface area contributed by atoms with Crippen molar-refractivity contribution >= 4 is 0 Å². The summed E-state index contributed by atoms with van der Waals surface area (Å²) in [5, 5.41) is 3.44. The summed E-state index contributed by atoms with van der Waals surface area (Å²) in [5.74, 6) is 0. The lowest BCUT2D eigenvalue weighted by Gasteiger charge is -2.56. The maximum atomic E-state index is 4.18. The fourth-order valence-electron chi connectivity index (χ4n) is 2.44. The highest BCUT2D eigenvalue weighted by Crippen LogP contribution is 2.54. The van der Waals surface area contributed by atoms with Crippen LogP contribution in [0.1, 0.15) is 31.0 Å². The molecule has 1 radical (unpaired) electrons. The third kappa shape index (κ3) is 0.936. The maximum absolute atomic E-state index is 4.18. The van der Waals surface area contributed by atoms with E-state index in [1.165, 1.54) is 25.8 Å². The monoisotopic (exact) mass is 174 g/mol. The summed E-state index contributed by atoms with van der Waals surface area (Å²) in [6.45, 7) is 1.17. The second-order valence-electron chi connectivity index (χ2n) is 4.11. The standard InChI is InChI=1S/C10H12N3/c1-3-10(4-1)6-12-9(10)8-2-5-11-7-13-8/h2,5,9,12H,1,3-4,6H2. The van der Waals surface area contributed by atoms with Gasteiger partial charge < -0.3 is 5.32 Å². The number of rotatable bonds is 1. The summed E-state index contributed by atoms with van der Waals surface area (Å²) in [6.07, 6.45) is 8.52. The molecule has 1 saturated heterocycles. The van der Waals surface area contributed by atoms with Gasteiger partial charge in [0.05, 0.1) is 11.7 Å². The topological polar surface area (TPSA) is 37.8 Å². The third-order valence-electron chi connectivity index (χ3n) is 3.47. The Bertz CT molecular complexity index is 300. The van der Waals surface area contributed by atoms with Crippen molar-refractivity contribution < 1.29 is 0 Å². The Hall–Kier alpha value is -0.960. The van der Waals surface area contributed by atoms with Crippen LogP contribution in [-0.4, -0.2) is 16.5 Å². The van der Waals surface area contributed by atoms with Gasteiger partial charge in [-0.1, -0.05) is 6.42 Å². The minimum atomic E-state index is 0.473. The Labute approximate surface area is 77.6 Å².